The molecule has 0 bridgehead atoms. The minimum atomic E-state index is -0.750. The zero-order valence-electron chi connectivity index (χ0n) is 14.7. The highest BCUT2D eigenvalue weighted by Gasteiger charge is 2.24. The predicted molar refractivity (Wildman–Crippen MR) is 97.2 cm³/mol. The number of hydrogen-bond donors (Lipinski definition) is 1. The van der Waals surface area contributed by atoms with Gasteiger partial charge in [0.2, 0.25) is 0 Å². The molecule has 2 rings (SSSR count). The van der Waals surface area contributed by atoms with Gasteiger partial charge in [0, 0.05) is 17.7 Å². The van der Waals surface area contributed by atoms with Crippen molar-refractivity contribution in [2.45, 2.75) is 26.3 Å². The molecule has 0 aliphatic heterocycles. The molecule has 25 heavy (non-hydrogen) atoms. The predicted octanol–water partition coefficient (Wildman–Crippen LogP) is 3.62. The molecular weight excluding hydrogens is 318 g/mol. The number of rotatable bonds is 8. The second kappa shape index (κ2) is 8.87. The number of carbonyl (C=O) groups is 2. The molecule has 5 heteroatoms. The zero-order chi connectivity index (χ0) is 18.2. The monoisotopic (exact) mass is 341 g/mol. The van der Waals surface area contributed by atoms with Gasteiger partial charge in [-0.05, 0) is 43.7 Å². The number of nitrogens with one attached hydrogen (secondary N) is 1. The second-order valence-electron chi connectivity index (χ2n) is 5.62. The molecule has 0 spiro atoms. The van der Waals surface area contributed by atoms with E-state index in [0.717, 1.165) is 11.3 Å². The van der Waals surface area contributed by atoms with Gasteiger partial charge < -0.3 is 14.8 Å². The Morgan fingerprint density at radius 2 is 1.76 bits per heavy atom. The number of ketones is 1. The number of methoxy groups -OCH3 is 1. The summed E-state index contributed by atoms with van der Waals surface area (Å²) in [6.45, 7) is 3.88. The van der Waals surface area contributed by atoms with Gasteiger partial charge in [-0.2, -0.15) is 0 Å². The van der Waals surface area contributed by atoms with Crippen molar-refractivity contribution < 1.29 is 19.1 Å². The smallest absolute Gasteiger partial charge is 0.329 e. The first-order chi connectivity index (χ1) is 12.0. The molecule has 0 aromatic heterocycles. The Balaban J connectivity index is 2.16. The summed E-state index contributed by atoms with van der Waals surface area (Å²) >= 11 is 0. The third-order valence-corrected chi connectivity index (χ3v) is 3.84. The quantitative estimate of drug-likeness (QED) is 0.587. The summed E-state index contributed by atoms with van der Waals surface area (Å²) in [7, 11) is 1.59. The van der Waals surface area contributed by atoms with E-state index < -0.39 is 12.0 Å². The van der Waals surface area contributed by atoms with Gasteiger partial charge in [-0.3, -0.25) is 4.79 Å². The van der Waals surface area contributed by atoms with E-state index in [2.05, 4.69) is 5.32 Å². The summed E-state index contributed by atoms with van der Waals surface area (Å²) in [5, 5.41) is 3.08. The molecule has 5 nitrogen and oxygen atoms in total. The summed E-state index contributed by atoms with van der Waals surface area (Å²) in [5.74, 6) is 0.173. The summed E-state index contributed by atoms with van der Waals surface area (Å²) in [6.07, 6.45) is 0.0235. The van der Waals surface area contributed by atoms with E-state index in [1.165, 1.54) is 0 Å². The second-order valence-corrected chi connectivity index (χ2v) is 5.62. The van der Waals surface area contributed by atoms with Gasteiger partial charge >= 0.3 is 5.97 Å². The Bertz CT molecular complexity index is 725. The Morgan fingerprint density at radius 1 is 1.08 bits per heavy atom. The van der Waals surface area contributed by atoms with Crippen molar-refractivity contribution >= 4 is 17.4 Å². The van der Waals surface area contributed by atoms with Gasteiger partial charge in [0.15, 0.2) is 5.78 Å². The lowest BCUT2D eigenvalue weighted by Gasteiger charge is -2.18. The van der Waals surface area contributed by atoms with Crippen LogP contribution in [0.1, 0.15) is 29.3 Å². The summed E-state index contributed by atoms with van der Waals surface area (Å²) in [5.41, 5.74) is 2.23. The molecule has 132 valence electrons. The Kier molecular flexibility index (Phi) is 6.57. The van der Waals surface area contributed by atoms with Crippen molar-refractivity contribution in [3.05, 3.63) is 59.7 Å². The summed E-state index contributed by atoms with van der Waals surface area (Å²) in [4.78, 5) is 24.9. The molecule has 0 heterocycles. The maximum atomic E-state index is 12.6. The molecule has 0 aliphatic rings. The largest absolute Gasteiger partial charge is 0.497 e. The van der Waals surface area contributed by atoms with Crippen molar-refractivity contribution in [2.75, 3.05) is 19.0 Å². The third kappa shape index (κ3) is 5.08. The van der Waals surface area contributed by atoms with Crippen molar-refractivity contribution in [3.63, 3.8) is 0 Å². The van der Waals surface area contributed by atoms with Crippen LogP contribution in [0.25, 0.3) is 0 Å². The number of esters is 1. The first-order valence-electron chi connectivity index (χ1n) is 8.21. The SMILES string of the molecule is CCOC(=O)C(CC(=O)c1ccccc1C)Nc1ccc(OC)cc1. The molecule has 1 N–H and O–H groups in total. The molecule has 0 saturated heterocycles. The van der Waals surface area contributed by atoms with Crippen LogP contribution in [0, 0.1) is 6.92 Å². The molecule has 1 atom stereocenters. The molecule has 2 aromatic carbocycles. The first-order valence-corrected chi connectivity index (χ1v) is 8.21. The van der Waals surface area contributed by atoms with Crippen LogP contribution in [0.3, 0.4) is 0 Å². The molecule has 0 radical (unpaired) electrons. The highest BCUT2D eigenvalue weighted by molar-refractivity contribution is 6.00. The highest BCUT2D eigenvalue weighted by atomic mass is 16.5. The van der Waals surface area contributed by atoms with Crippen molar-refractivity contribution in [2.24, 2.45) is 0 Å². The van der Waals surface area contributed by atoms with Crippen LogP contribution < -0.4 is 10.1 Å². The fourth-order valence-corrected chi connectivity index (χ4v) is 2.51. The zero-order valence-corrected chi connectivity index (χ0v) is 14.7. The van der Waals surface area contributed by atoms with Crippen LogP contribution in [-0.4, -0.2) is 31.5 Å². The lowest BCUT2D eigenvalue weighted by Crippen LogP contribution is -2.34. The Morgan fingerprint density at radius 3 is 2.36 bits per heavy atom. The molecule has 0 amide bonds. The fraction of sp³-hybridized carbons (Fsp3) is 0.300. The van der Waals surface area contributed by atoms with Crippen LogP contribution in [0.15, 0.2) is 48.5 Å². The van der Waals surface area contributed by atoms with E-state index in [-0.39, 0.29) is 18.8 Å². The highest BCUT2D eigenvalue weighted by Crippen LogP contribution is 2.18. The molecule has 1 unspecified atom stereocenters. The van der Waals surface area contributed by atoms with E-state index in [1.807, 2.05) is 25.1 Å². The minimum Gasteiger partial charge on any atom is -0.497 e. The van der Waals surface area contributed by atoms with Crippen molar-refractivity contribution in [3.8, 4) is 5.75 Å². The number of hydrogen-bond acceptors (Lipinski definition) is 5. The number of anilines is 1. The average molecular weight is 341 g/mol. The maximum absolute atomic E-state index is 12.6. The number of Topliss-reactive ketones (excluding diaryl/α,β-unsaturated/α-hetero) is 1. The normalized spacial score (nSPS) is 11.5. The molecule has 2 aromatic rings. The molecule has 0 aliphatic carbocycles. The fourth-order valence-electron chi connectivity index (χ4n) is 2.51. The van der Waals surface area contributed by atoms with E-state index in [4.69, 9.17) is 9.47 Å². The van der Waals surface area contributed by atoms with E-state index in [9.17, 15) is 9.59 Å². The lowest BCUT2D eigenvalue weighted by molar-refractivity contribution is -0.144. The Hall–Kier alpha value is -2.82. The summed E-state index contributed by atoms with van der Waals surface area (Å²) in [6, 6.07) is 13.8. The number of aryl methyl sites for hydroxylation is 1. The first kappa shape index (κ1) is 18.5. The summed E-state index contributed by atoms with van der Waals surface area (Å²) < 4.78 is 10.2. The van der Waals surface area contributed by atoms with Gasteiger partial charge in [-0.15, -0.1) is 0 Å². The van der Waals surface area contributed by atoms with Gasteiger partial charge in [-0.1, -0.05) is 24.3 Å². The van der Waals surface area contributed by atoms with Crippen molar-refractivity contribution in [1.29, 1.82) is 0 Å². The van der Waals surface area contributed by atoms with E-state index in [0.29, 0.717) is 11.3 Å². The topological polar surface area (TPSA) is 64.6 Å². The van der Waals surface area contributed by atoms with Gasteiger partial charge in [0.25, 0.3) is 0 Å². The average Bonchev–Trinajstić information content (AvgIpc) is 2.62. The van der Waals surface area contributed by atoms with Crippen molar-refractivity contribution in [1.82, 2.24) is 0 Å². The van der Waals surface area contributed by atoms with Crippen LogP contribution >= 0.6 is 0 Å². The molecule has 0 fully saturated rings. The third-order valence-electron chi connectivity index (χ3n) is 3.84. The maximum Gasteiger partial charge on any atom is 0.329 e. The lowest BCUT2D eigenvalue weighted by atomic mass is 9.99. The van der Waals surface area contributed by atoms with Crippen LogP contribution in [0.2, 0.25) is 0 Å². The van der Waals surface area contributed by atoms with E-state index in [1.54, 1.807) is 44.4 Å². The van der Waals surface area contributed by atoms with Crippen LogP contribution in [-0.2, 0) is 9.53 Å². The number of carbonyl (C=O) groups excluding carboxylic acids is 2. The van der Waals surface area contributed by atoms with Gasteiger partial charge in [0.05, 0.1) is 13.7 Å². The van der Waals surface area contributed by atoms with Gasteiger partial charge in [0.1, 0.15) is 11.8 Å². The minimum absolute atomic E-state index is 0.0235. The van der Waals surface area contributed by atoms with E-state index >= 15 is 0 Å². The van der Waals surface area contributed by atoms with Crippen LogP contribution in [0.4, 0.5) is 5.69 Å². The Labute approximate surface area is 148 Å². The molecule has 0 saturated carbocycles. The van der Waals surface area contributed by atoms with Gasteiger partial charge in [-0.25, -0.2) is 4.79 Å². The number of ether oxygens (including phenoxy) is 2. The number of benzene rings is 2. The molecular formula is C20H23NO4. The van der Waals surface area contributed by atoms with Crippen LogP contribution in [0.5, 0.6) is 5.75 Å². The standard InChI is InChI=1S/C20H23NO4/c1-4-25-20(23)18(21-15-9-11-16(24-3)12-10-15)13-19(22)17-8-6-5-7-14(17)2/h5-12,18,21H,4,13H2,1-3H3.